The van der Waals surface area contributed by atoms with Gasteiger partial charge in [-0.15, -0.1) is 0 Å². The van der Waals surface area contributed by atoms with Crippen LogP contribution in [0, 0.1) is 5.82 Å². The average molecular weight is 488 g/mol. The van der Waals surface area contributed by atoms with Gasteiger partial charge in [0.25, 0.3) is 0 Å². The highest BCUT2D eigenvalue weighted by atomic mass is 35.5. The van der Waals surface area contributed by atoms with E-state index in [1.165, 1.54) is 24.5 Å². The van der Waals surface area contributed by atoms with Gasteiger partial charge in [-0.25, -0.2) is 14.4 Å². The number of rotatable bonds is 9. The van der Waals surface area contributed by atoms with Crippen molar-refractivity contribution in [3.8, 4) is 5.75 Å². The predicted octanol–water partition coefficient (Wildman–Crippen LogP) is 4.37. The molecule has 180 valence electrons. The van der Waals surface area contributed by atoms with Crippen LogP contribution in [0.3, 0.4) is 0 Å². The van der Waals surface area contributed by atoms with E-state index >= 15 is 0 Å². The third kappa shape index (κ3) is 6.63. The summed E-state index contributed by atoms with van der Waals surface area (Å²) in [6.45, 7) is 3.71. The Morgan fingerprint density at radius 2 is 2.00 bits per heavy atom. The zero-order valence-corrected chi connectivity index (χ0v) is 20.2. The molecule has 10 heteroatoms. The molecule has 3 rings (SSSR count). The molecule has 8 nitrogen and oxygen atoms in total. The smallest absolute Gasteiger partial charge is 0.248 e. The molecule has 0 unspecified atom stereocenters. The summed E-state index contributed by atoms with van der Waals surface area (Å²) in [5.74, 6) is -0.511. The molecule has 1 amide bonds. The van der Waals surface area contributed by atoms with Crippen LogP contribution >= 0.6 is 11.6 Å². The lowest BCUT2D eigenvalue weighted by atomic mass is 10.1. The third-order valence-corrected chi connectivity index (χ3v) is 4.82. The summed E-state index contributed by atoms with van der Waals surface area (Å²) in [5, 5.41) is 16.3. The van der Waals surface area contributed by atoms with Gasteiger partial charge >= 0.3 is 0 Å². The van der Waals surface area contributed by atoms with Crippen LogP contribution in [0.1, 0.15) is 13.8 Å². The second-order valence-electron chi connectivity index (χ2n) is 8.54. The van der Waals surface area contributed by atoms with Crippen LogP contribution < -0.4 is 15.4 Å². The van der Waals surface area contributed by atoms with E-state index < -0.39 is 11.4 Å². The Balaban J connectivity index is 2.07. The van der Waals surface area contributed by atoms with Crippen LogP contribution in [-0.2, 0) is 4.79 Å². The quantitative estimate of drug-likeness (QED) is 0.385. The van der Waals surface area contributed by atoms with Gasteiger partial charge in [0.05, 0.1) is 32.9 Å². The molecule has 0 atom stereocenters. The lowest BCUT2D eigenvalue weighted by molar-refractivity contribution is -0.111. The van der Waals surface area contributed by atoms with Gasteiger partial charge in [0.2, 0.25) is 5.91 Å². The number of likely N-dealkylation sites (N-methyl/N-ethyl adjacent to an activating group) is 1. The Bertz CT molecular complexity index is 1210. The van der Waals surface area contributed by atoms with E-state index in [0.29, 0.717) is 23.1 Å². The third-order valence-electron chi connectivity index (χ3n) is 4.53. The molecule has 0 aliphatic heterocycles. The van der Waals surface area contributed by atoms with Crippen molar-refractivity contribution < 1.29 is 19.0 Å². The number of ether oxygens (including phenoxy) is 1. The van der Waals surface area contributed by atoms with E-state index in [1.807, 2.05) is 19.0 Å². The van der Waals surface area contributed by atoms with E-state index in [2.05, 4.69) is 20.6 Å². The number of aromatic nitrogens is 2. The SMILES string of the molecule is CN(C)C/C=C/C(=O)Nc1ccc2ncnc(Nc3cccc(Cl)c3F)c2c1OCC(C)(C)O. The molecule has 1 aromatic heterocycles. The van der Waals surface area contributed by atoms with E-state index in [0.717, 1.165) is 0 Å². The molecular formula is C24H27ClFN5O3. The summed E-state index contributed by atoms with van der Waals surface area (Å²) in [7, 11) is 3.79. The molecule has 3 N–H and O–H groups in total. The molecule has 2 aromatic carbocycles. The van der Waals surface area contributed by atoms with Gasteiger partial charge in [0.1, 0.15) is 18.8 Å². The molecule has 0 fully saturated rings. The zero-order valence-electron chi connectivity index (χ0n) is 19.4. The number of benzene rings is 2. The largest absolute Gasteiger partial charge is 0.488 e. The van der Waals surface area contributed by atoms with Crippen LogP contribution in [-0.4, -0.2) is 58.7 Å². The fourth-order valence-corrected chi connectivity index (χ4v) is 3.16. The van der Waals surface area contributed by atoms with E-state index in [9.17, 15) is 14.3 Å². The first-order valence-electron chi connectivity index (χ1n) is 10.5. The monoisotopic (exact) mass is 487 g/mol. The average Bonchev–Trinajstić information content (AvgIpc) is 2.75. The molecule has 0 saturated carbocycles. The van der Waals surface area contributed by atoms with Gasteiger partial charge < -0.3 is 25.4 Å². The highest BCUT2D eigenvalue weighted by Crippen LogP contribution is 2.39. The lowest BCUT2D eigenvalue weighted by Gasteiger charge is -2.21. The second kappa shape index (κ2) is 10.8. The predicted molar refractivity (Wildman–Crippen MR) is 132 cm³/mol. The van der Waals surface area contributed by atoms with Gasteiger partial charge in [-0.05, 0) is 52.2 Å². The number of anilines is 3. The van der Waals surface area contributed by atoms with Gasteiger partial charge in [-0.1, -0.05) is 23.7 Å². The molecule has 3 aromatic rings. The highest BCUT2D eigenvalue weighted by Gasteiger charge is 2.21. The minimum Gasteiger partial charge on any atom is -0.488 e. The van der Waals surface area contributed by atoms with E-state index in [-0.39, 0.29) is 34.8 Å². The normalized spacial score (nSPS) is 11.9. The number of aliphatic hydroxyl groups is 1. The maximum absolute atomic E-state index is 14.5. The summed E-state index contributed by atoms with van der Waals surface area (Å²) in [6.07, 6.45) is 4.48. The Labute approximate surface area is 202 Å². The molecule has 0 aliphatic carbocycles. The van der Waals surface area contributed by atoms with Gasteiger partial charge in [-0.2, -0.15) is 0 Å². The number of carbonyl (C=O) groups is 1. The molecule has 34 heavy (non-hydrogen) atoms. The molecule has 1 heterocycles. The lowest BCUT2D eigenvalue weighted by Crippen LogP contribution is -2.28. The van der Waals surface area contributed by atoms with Gasteiger partial charge in [0.15, 0.2) is 11.6 Å². The first kappa shape index (κ1) is 25.4. The maximum Gasteiger partial charge on any atom is 0.248 e. The Morgan fingerprint density at radius 3 is 2.71 bits per heavy atom. The van der Waals surface area contributed by atoms with Crippen molar-refractivity contribution in [2.45, 2.75) is 19.4 Å². The molecule has 0 radical (unpaired) electrons. The number of halogens is 2. The Kier molecular flexibility index (Phi) is 8.03. The summed E-state index contributed by atoms with van der Waals surface area (Å²) in [5.41, 5.74) is -0.202. The van der Waals surface area contributed by atoms with Crippen molar-refractivity contribution >= 4 is 45.6 Å². The highest BCUT2D eigenvalue weighted by molar-refractivity contribution is 6.31. The van der Waals surface area contributed by atoms with Crippen molar-refractivity contribution in [2.24, 2.45) is 0 Å². The molecule has 0 bridgehead atoms. The maximum atomic E-state index is 14.5. The standard InChI is InChI=1S/C24H27ClFN5O3/c1-24(2,33)13-34-22-18(29-19(32)9-6-12-31(3)4)11-10-16-20(22)23(28-14-27-16)30-17-8-5-7-15(25)21(17)26/h5-11,14,33H,12-13H2,1-4H3,(H,29,32)(H,27,28,30)/b9-6+. The number of carbonyl (C=O) groups excluding carboxylic acids is 1. The van der Waals surface area contributed by atoms with Crippen molar-refractivity contribution in [3.05, 3.63) is 59.7 Å². The summed E-state index contributed by atoms with van der Waals surface area (Å²) < 4.78 is 20.5. The van der Waals surface area contributed by atoms with Crippen molar-refractivity contribution in [1.82, 2.24) is 14.9 Å². The number of amides is 1. The van der Waals surface area contributed by atoms with Crippen LogP contribution in [0.2, 0.25) is 5.02 Å². The zero-order chi connectivity index (χ0) is 24.9. The Morgan fingerprint density at radius 1 is 1.24 bits per heavy atom. The number of fused-ring (bicyclic) bond motifs is 1. The number of hydrogen-bond acceptors (Lipinski definition) is 7. The molecule has 0 aliphatic rings. The van der Waals surface area contributed by atoms with E-state index in [4.69, 9.17) is 16.3 Å². The minimum absolute atomic E-state index is 0.0423. The van der Waals surface area contributed by atoms with Gasteiger partial charge in [0, 0.05) is 12.6 Å². The molecular weight excluding hydrogens is 461 g/mol. The number of hydrogen-bond donors (Lipinski definition) is 3. The van der Waals surface area contributed by atoms with Crippen LogP contribution in [0.4, 0.5) is 21.6 Å². The number of nitrogens with zero attached hydrogens (tertiary/aromatic N) is 3. The van der Waals surface area contributed by atoms with Crippen molar-refractivity contribution in [1.29, 1.82) is 0 Å². The molecule has 0 spiro atoms. The van der Waals surface area contributed by atoms with Crippen molar-refractivity contribution in [3.63, 3.8) is 0 Å². The summed E-state index contributed by atoms with van der Waals surface area (Å²) in [4.78, 5) is 23.0. The first-order chi connectivity index (χ1) is 16.0. The topological polar surface area (TPSA) is 99.6 Å². The van der Waals surface area contributed by atoms with Crippen LogP contribution in [0.25, 0.3) is 10.9 Å². The van der Waals surface area contributed by atoms with Crippen LogP contribution in [0.15, 0.2) is 48.8 Å². The summed E-state index contributed by atoms with van der Waals surface area (Å²) >= 11 is 5.92. The van der Waals surface area contributed by atoms with E-state index in [1.54, 1.807) is 38.1 Å². The second-order valence-corrected chi connectivity index (χ2v) is 8.95. The minimum atomic E-state index is -1.16. The fourth-order valence-electron chi connectivity index (χ4n) is 2.99. The van der Waals surface area contributed by atoms with Crippen molar-refractivity contribution in [2.75, 3.05) is 37.9 Å². The van der Waals surface area contributed by atoms with Crippen LogP contribution in [0.5, 0.6) is 5.75 Å². The summed E-state index contributed by atoms with van der Waals surface area (Å²) in [6, 6.07) is 7.90. The van der Waals surface area contributed by atoms with Gasteiger partial charge in [-0.3, -0.25) is 4.79 Å². The first-order valence-corrected chi connectivity index (χ1v) is 10.9. The molecule has 0 saturated heterocycles. The number of nitrogens with one attached hydrogen (secondary N) is 2. The Hall–Kier alpha value is -3.27. The fraction of sp³-hybridized carbons (Fsp3) is 0.292.